The van der Waals surface area contributed by atoms with Gasteiger partial charge in [-0.2, -0.15) is 36.3 Å². The second kappa shape index (κ2) is 21.4. The molecule has 0 saturated carbocycles. The number of anilines is 6. The highest BCUT2D eigenvalue weighted by Crippen LogP contribution is 2.41. The molecule has 6 aromatic rings. The molecule has 25 heteroatoms. The number of nitrogens with zero attached hydrogens (tertiary/aromatic N) is 11. The third-order valence-corrected chi connectivity index (χ3v) is 13.0. The first-order valence-corrected chi connectivity index (χ1v) is 24.1. The van der Waals surface area contributed by atoms with Crippen LogP contribution in [0.5, 0.6) is 12.0 Å². The van der Waals surface area contributed by atoms with Crippen molar-refractivity contribution in [3.05, 3.63) is 96.6 Å². The van der Waals surface area contributed by atoms with Gasteiger partial charge < -0.3 is 39.8 Å². The van der Waals surface area contributed by atoms with Crippen LogP contribution >= 0.6 is 0 Å². The fourth-order valence-corrected chi connectivity index (χ4v) is 9.26. The maximum Gasteiger partial charge on any atom is 0.416 e. The van der Waals surface area contributed by atoms with Gasteiger partial charge >= 0.3 is 30.4 Å². The average molecular weight is 1030 g/mol. The number of hydrogen-bond acceptors (Lipinski definition) is 17. The molecule has 4 bridgehead atoms. The highest BCUT2D eigenvalue weighted by Gasteiger charge is 2.41. The lowest BCUT2D eigenvalue weighted by molar-refractivity contribution is -0.138. The van der Waals surface area contributed by atoms with Crippen LogP contribution in [0.15, 0.2) is 85.5 Å². The summed E-state index contributed by atoms with van der Waals surface area (Å²) in [6, 6.07) is 13.4. The van der Waals surface area contributed by atoms with E-state index in [-0.39, 0.29) is 41.5 Å². The molecule has 2 amide bonds. The molecule has 4 aromatic heterocycles. The topological polar surface area (TPSA) is 217 Å². The first kappa shape index (κ1) is 49.9. The molecule has 2 aromatic carbocycles. The summed E-state index contributed by atoms with van der Waals surface area (Å²) in [6.07, 6.45) is 2.58. The number of rotatable bonds is 7. The van der Waals surface area contributed by atoms with Crippen LogP contribution in [0.3, 0.4) is 0 Å². The summed E-state index contributed by atoms with van der Waals surface area (Å²) >= 11 is 0. The predicted molar refractivity (Wildman–Crippen MR) is 259 cm³/mol. The number of amides is 2. The lowest BCUT2D eigenvalue weighted by Crippen LogP contribution is -2.48. The Labute approximate surface area is 419 Å². The first-order valence-electron chi connectivity index (χ1n) is 24.1. The quantitative estimate of drug-likeness (QED) is 0.129. The van der Waals surface area contributed by atoms with Gasteiger partial charge in [0, 0.05) is 81.4 Å². The van der Waals surface area contributed by atoms with E-state index in [4.69, 9.17) is 24.7 Å². The Morgan fingerprint density at radius 1 is 0.662 bits per heavy atom. The normalized spacial score (nSPS) is 19.2. The number of nitrogens with two attached hydrogens (primary N) is 1. The van der Waals surface area contributed by atoms with Crippen molar-refractivity contribution in [1.82, 2.24) is 39.9 Å². The summed E-state index contributed by atoms with van der Waals surface area (Å²) in [5, 5.41) is 6.13. The molecule has 2 atom stereocenters. The zero-order valence-corrected chi connectivity index (χ0v) is 39.6. The third kappa shape index (κ3) is 11.7. The fraction of sp³-hybridized carbons (Fsp3) is 0.408. The van der Waals surface area contributed by atoms with E-state index < -0.39 is 29.5 Å². The molecule has 6 aliphatic heterocycles. The van der Waals surface area contributed by atoms with Gasteiger partial charge in [0.15, 0.2) is 23.3 Å². The number of carbonyl (C=O) groups is 1. The molecular weight excluding hydrogens is 979 g/mol. The molecule has 0 spiro atoms. The number of ether oxygens (including phenoxy) is 4. The van der Waals surface area contributed by atoms with Crippen molar-refractivity contribution in [3.63, 3.8) is 0 Å². The molecule has 0 radical (unpaired) electrons. The van der Waals surface area contributed by atoms with E-state index in [1.54, 1.807) is 41.7 Å². The fourth-order valence-electron chi connectivity index (χ4n) is 9.26. The van der Waals surface area contributed by atoms with Gasteiger partial charge in [-0.3, -0.25) is 10.2 Å². The Hall–Kier alpha value is -7.67. The summed E-state index contributed by atoms with van der Waals surface area (Å²) in [5.74, 6) is 2.15. The molecule has 12 rings (SSSR count). The maximum absolute atomic E-state index is 13.5. The summed E-state index contributed by atoms with van der Waals surface area (Å²) in [7, 11) is 0. The smallest absolute Gasteiger partial charge is 0.416 e. The van der Waals surface area contributed by atoms with Crippen LogP contribution in [0.4, 0.5) is 65.8 Å². The van der Waals surface area contributed by atoms with Crippen LogP contribution in [0.25, 0.3) is 22.8 Å². The van der Waals surface area contributed by atoms with Gasteiger partial charge in [0.25, 0.3) is 0 Å². The number of nitrogens with one attached hydrogen (secondary N) is 2. The maximum atomic E-state index is 13.5. The lowest BCUT2D eigenvalue weighted by Gasteiger charge is -2.35. The van der Waals surface area contributed by atoms with E-state index in [1.807, 2.05) is 0 Å². The number of carbonyl (C=O) groups excluding carboxylic acids is 1. The SMILES string of the molecule is FC(F)(F)c1cccc(-c2ncc3c(n2)N[C@H]2CCN3C2)c1.Nc1ccnc(OC2CCOCC2)n1.O=C(Nc1ccnc(OC2CCOCC2)n1)N1c2nc(-c3cccc(C(F)(F)F)c3)ncc2N2CC[C@H]1C2. The Balaban J connectivity index is 0.000000145. The Bertz CT molecular complexity index is 2940. The second-order valence-electron chi connectivity index (χ2n) is 18.1. The third-order valence-electron chi connectivity index (χ3n) is 13.0. The van der Waals surface area contributed by atoms with Crippen LogP contribution in [-0.4, -0.2) is 123 Å². The van der Waals surface area contributed by atoms with Crippen molar-refractivity contribution in [1.29, 1.82) is 0 Å². The van der Waals surface area contributed by atoms with E-state index in [2.05, 4.69) is 60.3 Å². The number of hydrogen-bond donors (Lipinski definition) is 3. The highest BCUT2D eigenvalue weighted by atomic mass is 19.4. The molecule has 74 heavy (non-hydrogen) atoms. The van der Waals surface area contributed by atoms with E-state index in [0.717, 1.165) is 88.4 Å². The van der Waals surface area contributed by atoms with E-state index in [9.17, 15) is 31.1 Å². The van der Waals surface area contributed by atoms with Crippen LogP contribution in [0.1, 0.15) is 49.7 Å². The van der Waals surface area contributed by atoms with Crippen LogP contribution in [0.2, 0.25) is 0 Å². The van der Waals surface area contributed by atoms with Crippen molar-refractivity contribution >= 4 is 40.7 Å². The monoisotopic (exact) mass is 1030 g/mol. The zero-order valence-electron chi connectivity index (χ0n) is 39.6. The van der Waals surface area contributed by atoms with Gasteiger partial charge in [0.05, 0.1) is 67.4 Å². The minimum absolute atomic E-state index is 0.0564. The predicted octanol–water partition coefficient (Wildman–Crippen LogP) is 7.92. The second-order valence-corrected chi connectivity index (χ2v) is 18.1. The van der Waals surface area contributed by atoms with Crippen molar-refractivity contribution in [3.8, 4) is 34.8 Å². The van der Waals surface area contributed by atoms with Crippen molar-refractivity contribution < 1.29 is 50.1 Å². The molecule has 0 aliphatic carbocycles. The van der Waals surface area contributed by atoms with Crippen LogP contribution in [0, 0.1) is 0 Å². The van der Waals surface area contributed by atoms with Gasteiger partial charge in [-0.1, -0.05) is 24.3 Å². The van der Waals surface area contributed by atoms with Crippen molar-refractivity contribution in [2.45, 2.75) is 75.2 Å². The van der Waals surface area contributed by atoms with E-state index in [0.29, 0.717) is 79.3 Å². The Morgan fingerprint density at radius 3 is 1.85 bits per heavy atom. The number of urea groups is 1. The largest absolute Gasteiger partial charge is 0.460 e. The Morgan fingerprint density at radius 2 is 1.23 bits per heavy atom. The summed E-state index contributed by atoms with van der Waals surface area (Å²) in [5.41, 5.74) is 6.17. The Kier molecular flexibility index (Phi) is 14.4. The van der Waals surface area contributed by atoms with Gasteiger partial charge in [-0.15, -0.1) is 0 Å². The van der Waals surface area contributed by atoms with Gasteiger partial charge in [0.1, 0.15) is 23.8 Å². The van der Waals surface area contributed by atoms with E-state index in [1.165, 1.54) is 24.4 Å². The molecule has 4 N–H and O–H groups in total. The summed E-state index contributed by atoms with van der Waals surface area (Å²) in [4.78, 5) is 53.3. The molecule has 0 unspecified atom stereocenters. The molecule has 388 valence electrons. The number of alkyl halides is 6. The van der Waals surface area contributed by atoms with Crippen molar-refractivity contribution in [2.24, 2.45) is 0 Å². The highest BCUT2D eigenvalue weighted by molar-refractivity contribution is 6.04. The standard InChI is InChI=1S/C25H24F3N7O3.C15H13F3N4.C9H13N3O2/c26-25(27,28)16-3-1-2-15(12-16)21-30-13-19-22(33-21)35(17-5-9-34(19)14-17)24(36)32-20-4-8-29-23(31-20)38-18-6-10-37-11-7-18;16-15(17,18)10-3-1-2-9(6-10)13-19-7-12-14(21-13)20-11-4-5-22(12)8-11;10-8-1-4-11-9(12-8)14-7-2-5-13-6-3-7/h1-4,8,12-13,17-18H,5-7,9-11,14H2,(H,29,31,32,36);1-3,6-7,11H,4-5,8H2,(H,19,20,21);1,4,7H,2-3,5-6H2,(H2,10,11,12)/t17-;11-;/m00./s1. The zero-order chi connectivity index (χ0) is 51.4. The molecular formula is C49H50F6N14O5. The molecule has 10 heterocycles. The molecule has 19 nitrogen and oxygen atoms in total. The van der Waals surface area contributed by atoms with Gasteiger partial charge in [0.2, 0.25) is 0 Å². The van der Waals surface area contributed by atoms with Gasteiger partial charge in [-0.25, -0.2) is 34.7 Å². The number of fused-ring (bicyclic) bond motifs is 8. The number of halogens is 6. The average Bonchev–Trinajstić information content (AvgIpc) is 4.01. The summed E-state index contributed by atoms with van der Waals surface area (Å²) < 4.78 is 100. The van der Waals surface area contributed by atoms with Crippen LogP contribution in [-0.2, 0) is 21.8 Å². The van der Waals surface area contributed by atoms with Crippen molar-refractivity contribution in [2.75, 3.05) is 83.7 Å². The molecule has 4 saturated heterocycles. The minimum atomic E-state index is -4.49. The molecule has 4 fully saturated rings. The van der Waals surface area contributed by atoms with Crippen LogP contribution < -0.4 is 40.5 Å². The number of nitrogen functional groups attached to an aromatic ring is 1. The molecule has 6 aliphatic rings. The summed E-state index contributed by atoms with van der Waals surface area (Å²) in [6.45, 7) is 5.91. The lowest BCUT2D eigenvalue weighted by atomic mass is 10.1. The number of aromatic nitrogens is 8. The number of benzene rings is 2. The van der Waals surface area contributed by atoms with E-state index >= 15 is 0 Å². The van der Waals surface area contributed by atoms with Gasteiger partial charge in [-0.05, 0) is 49.2 Å². The minimum Gasteiger partial charge on any atom is -0.460 e. The first-order chi connectivity index (χ1) is 35.7.